The van der Waals surface area contributed by atoms with E-state index < -0.39 is 0 Å². The maximum atomic E-state index is 8.06. The van der Waals surface area contributed by atoms with Gasteiger partial charge >= 0.3 is 0 Å². The largest absolute Gasteiger partial charge is 0.398 e. The molecule has 3 heteroatoms. The standard InChI is InChI=1S/C13H11ClN2/c14-10-7-5-9(6-8-10)13(16)11-3-1-2-4-12(11)15/h1-8,16H,15H2. The van der Waals surface area contributed by atoms with Crippen molar-refractivity contribution in [2.24, 2.45) is 0 Å². The van der Waals surface area contributed by atoms with Gasteiger partial charge < -0.3 is 5.73 Å². The van der Waals surface area contributed by atoms with Gasteiger partial charge in [-0.05, 0) is 18.2 Å². The topological polar surface area (TPSA) is 49.9 Å². The number of hydrogen-bond donors (Lipinski definition) is 2. The fourth-order valence-electron chi connectivity index (χ4n) is 1.50. The second kappa shape index (κ2) is 4.37. The molecule has 0 atom stereocenters. The molecule has 2 rings (SSSR count). The van der Waals surface area contributed by atoms with Gasteiger partial charge in [-0.1, -0.05) is 41.9 Å². The molecule has 0 spiro atoms. The van der Waals surface area contributed by atoms with E-state index in [2.05, 4.69) is 0 Å². The average Bonchev–Trinajstić information content (AvgIpc) is 2.30. The van der Waals surface area contributed by atoms with E-state index in [1.165, 1.54) is 0 Å². The van der Waals surface area contributed by atoms with Crippen molar-refractivity contribution in [1.29, 1.82) is 5.41 Å². The van der Waals surface area contributed by atoms with E-state index in [9.17, 15) is 0 Å². The predicted molar refractivity (Wildman–Crippen MR) is 68.2 cm³/mol. The summed E-state index contributed by atoms with van der Waals surface area (Å²) in [5.41, 5.74) is 8.40. The number of rotatable bonds is 2. The van der Waals surface area contributed by atoms with Crippen molar-refractivity contribution in [2.75, 3.05) is 5.73 Å². The first kappa shape index (κ1) is 10.7. The van der Waals surface area contributed by atoms with Gasteiger partial charge in [0, 0.05) is 21.8 Å². The Labute approximate surface area is 99.2 Å². The highest BCUT2D eigenvalue weighted by Gasteiger charge is 2.07. The molecule has 80 valence electrons. The van der Waals surface area contributed by atoms with Crippen LogP contribution in [-0.2, 0) is 0 Å². The van der Waals surface area contributed by atoms with Gasteiger partial charge in [-0.25, -0.2) is 0 Å². The van der Waals surface area contributed by atoms with Gasteiger partial charge in [0.2, 0.25) is 0 Å². The monoisotopic (exact) mass is 230 g/mol. The number of anilines is 1. The number of para-hydroxylation sites is 1. The summed E-state index contributed by atoms with van der Waals surface area (Å²) < 4.78 is 0. The maximum absolute atomic E-state index is 8.06. The molecule has 0 heterocycles. The number of nitrogen functional groups attached to an aromatic ring is 1. The highest BCUT2D eigenvalue weighted by molar-refractivity contribution is 6.30. The zero-order valence-electron chi connectivity index (χ0n) is 8.57. The van der Waals surface area contributed by atoms with Gasteiger partial charge in [-0.2, -0.15) is 0 Å². The molecule has 3 N–H and O–H groups in total. The fraction of sp³-hybridized carbons (Fsp3) is 0. The second-order valence-corrected chi connectivity index (χ2v) is 3.91. The molecule has 0 unspecified atom stereocenters. The normalized spacial score (nSPS) is 10.1. The van der Waals surface area contributed by atoms with Gasteiger partial charge in [0.05, 0.1) is 5.71 Å². The summed E-state index contributed by atoms with van der Waals surface area (Å²) >= 11 is 5.80. The van der Waals surface area contributed by atoms with Crippen molar-refractivity contribution in [1.82, 2.24) is 0 Å². The Bertz CT molecular complexity index is 518. The number of halogens is 1. The molecular weight excluding hydrogens is 220 g/mol. The first-order valence-electron chi connectivity index (χ1n) is 4.88. The van der Waals surface area contributed by atoms with Crippen LogP contribution in [0.3, 0.4) is 0 Å². The van der Waals surface area contributed by atoms with E-state index in [1.54, 1.807) is 18.2 Å². The van der Waals surface area contributed by atoms with Crippen molar-refractivity contribution in [3.05, 3.63) is 64.7 Å². The maximum Gasteiger partial charge on any atom is 0.0705 e. The van der Waals surface area contributed by atoms with Crippen molar-refractivity contribution < 1.29 is 0 Å². The summed E-state index contributed by atoms with van der Waals surface area (Å²) in [4.78, 5) is 0. The van der Waals surface area contributed by atoms with Gasteiger partial charge in [0.1, 0.15) is 0 Å². The summed E-state index contributed by atoms with van der Waals surface area (Å²) in [5, 5.41) is 8.72. The molecule has 0 aliphatic carbocycles. The van der Waals surface area contributed by atoms with E-state index in [1.807, 2.05) is 30.3 Å². The fourth-order valence-corrected chi connectivity index (χ4v) is 1.62. The lowest BCUT2D eigenvalue weighted by atomic mass is 10.0. The minimum absolute atomic E-state index is 0.412. The molecule has 0 saturated heterocycles. The molecule has 2 aromatic rings. The molecule has 16 heavy (non-hydrogen) atoms. The lowest BCUT2D eigenvalue weighted by Gasteiger charge is -2.07. The average molecular weight is 231 g/mol. The first-order chi connectivity index (χ1) is 7.68. The Morgan fingerprint density at radius 2 is 1.62 bits per heavy atom. The molecule has 0 saturated carbocycles. The first-order valence-corrected chi connectivity index (χ1v) is 5.25. The molecule has 0 aliphatic heterocycles. The van der Waals surface area contributed by atoms with Gasteiger partial charge in [0.25, 0.3) is 0 Å². The van der Waals surface area contributed by atoms with Crippen LogP contribution in [0.5, 0.6) is 0 Å². The van der Waals surface area contributed by atoms with Crippen LogP contribution in [0.4, 0.5) is 5.69 Å². The molecule has 0 bridgehead atoms. The quantitative estimate of drug-likeness (QED) is 0.603. The van der Waals surface area contributed by atoms with Crippen LogP contribution in [0, 0.1) is 5.41 Å². The molecule has 0 radical (unpaired) electrons. The highest BCUT2D eigenvalue weighted by atomic mass is 35.5. The van der Waals surface area contributed by atoms with Crippen LogP contribution in [0.25, 0.3) is 0 Å². The Morgan fingerprint density at radius 3 is 2.25 bits per heavy atom. The molecule has 0 amide bonds. The van der Waals surface area contributed by atoms with E-state index in [4.69, 9.17) is 22.7 Å². The lowest BCUT2D eigenvalue weighted by Crippen LogP contribution is -2.04. The molecule has 2 nitrogen and oxygen atoms in total. The van der Waals surface area contributed by atoms with Crippen molar-refractivity contribution in [2.45, 2.75) is 0 Å². The van der Waals surface area contributed by atoms with Crippen LogP contribution in [0.15, 0.2) is 48.5 Å². The van der Waals surface area contributed by atoms with E-state index in [0.717, 1.165) is 11.1 Å². The predicted octanol–water partition coefficient (Wildman–Crippen LogP) is 3.34. The third kappa shape index (κ3) is 2.07. The van der Waals surface area contributed by atoms with Gasteiger partial charge in [0.15, 0.2) is 0 Å². The molecule has 0 fully saturated rings. The number of benzene rings is 2. The lowest BCUT2D eigenvalue weighted by molar-refractivity contribution is 1.46. The van der Waals surface area contributed by atoms with Crippen molar-refractivity contribution in [3.8, 4) is 0 Å². The van der Waals surface area contributed by atoms with E-state index in [-0.39, 0.29) is 0 Å². The van der Waals surface area contributed by atoms with Gasteiger partial charge in [-0.15, -0.1) is 0 Å². The molecule has 0 aromatic heterocycles. The van der Waals surface area contributed by atoms with Crippen molar-refractivity contribution >= 4 is 23.0 Å². The SMILES string of the molecule is N=C(c1ccc(Cl)cc1)c1ccccc1N. The van der Waals surface area contributed by atoms with Crippen LogP contribution in [-0.4, -0.2) is 5.71 Å². The third-order valence-electron chi connectivity index (χ3n) is 2.36. The Kier molecular flexibility index (Phi) is 2.93. The summed E-state index contributed by atoms with van der Waals surface area (Å²) in [5.74, 6) is 0. The van der Waals surface area contributed by atoms with Gasteiger partial charge in [-0.3, -0.25) is 5.41 Å². The Balaban J connectivity index is 2.40. The van der Waals surface area contributed by atoms with Crippen molar-refractivity contribution in [3.63, 3.8) is 0 Å². The number of hydrogen-bond acceptors (Lipinski definition) is 2. The molecule has 2 aromatic carbocycles. The summed E-state index contributed by atoms with van der Waals surface area (Å²) in [7, 11) is 0. The molecular formula is C13H11ClN2. The van der Waals surface area contributed by atoms with Crippen LogP contribution in [0.2, 0.25) is 5.02 Å². The van der Waals surface area contributed by atoms with Crippen LogP contribution >= 0.6 is 11.6 Å². The van der Waals surface area contributed by atoms with Crippen LogP contribution < -0.4 is 5.73 Å². The Hall–Kier alpha value is -1.80. The third-order valence-corrected chi connectivity index (χ3v) is 2.62. The van der Waals surface area contributed by atoms with E-state index in [0.29, 0.717) is 16.4 Å². The second-order valence-electron chi connectivity index (χ2n) is 3.47. The zero-order valence-corrected chi connectivity index (χ0v) is 9.33. The van der Waals surface area contributed by atoms with Crippen LogP contribution in [0.1, 0.15) is 11.1 Å². The summed E-state index contributed by atoms with van der Waals surface area (Å²) in [6.45, 7) is 0. The minimum atomic E-state index is 0.412. The number of nitrogens with two attached hydrogens (primary N) is 1. The smallest absolute Gasteiger partial charge is 0.0705 e. The Morgan fingerprint density at radius 1 is 1.00 bits per heavy atom. The summed E-state index contributed by atoms with van der Waals surface area (Å²) in [6.07, 6.45) is 0. The highest BCUT2D eigenvalue weighted by Crippen LogP contribution is 2.17. The summed E-state index contributed by atoms with van der Waals surface area (Å²) in [6, 6.07) is 14.5. The minimum Gasteiger partial charge on any atom is -0.398 e. The zero-order chi connectivity index (χ0) is 11.5. The molecule has 0 aliphatic rings. The van der Waals surface area contributed by atoms with E-state index >= 15 is 0 Å². The number of nitrogens with one attached hydrogen (secondary N) is 1.